The summed E-state index contributed by atoms with van der Waals surface area (Å²) >= 11 is 6.35. The van der Waals surface area contributed by atoms with E-state index < -0.39 is 5.92 Å². The Balaban J connectivity index is 1.31. The number of fused-ring (bicyclic) bond motifs is 3. The molecule has 0 amide bonds. The quantitative estimate of drug-likeness (QED) is 0.392. The van der Waals surface area contributed by atoms with E-state index in [2.05, 4.69) is 24.8 Å². The Hall–Kier alpha value is -3.44. The molecule has 39 heavy (non-hydrogen) atoms. The molecule has 202 valence electrons. The summed E-state index contributed by atoms with van der Waals surface area (Å²) in [5, 5.41) is 1.76. The zero-order chi connectivity index (χ0) is 26.7. The van der Waals surface area contributed by atoms with Crippen molar-refractivity contribution < 1.29 is 13.5 Å². The minimum absolute atomic E-state index is 0.233. The van der Waals surface area contributed by atoms with Crippen molar-refractivity contribution >= 4 is 34.4 Å². The lowest BCUT2D eigenvalue weighted by atomic mass is 9.81. The molecule has 1 atom stereocenters. The zero-order valence-corrected chi connectivity index (χ0v) is 22.1. The maximum Gasteiger partial charge on any atom is 0.249 e. The van der Waals surface area contributed by atoms with Gasteiger partial charge in [0.2, 0.25) is 17.8 Å². The fourth-order valence-corrected chi connectivity index (χ4v) is 6.04. The summed E-state index contributed by atoms with van der Waals surface area (Å²) in [5.41, 5.74) is 4.04. The molecule has 5 heterocycles. The number of halogens is 3. The van der Waals surface area contributed by atoms with E-state index in [-0.39, 0.29) is 24.8 Å². The Morgan fingerprint density at radius 2 is 1.79 bits per heavy atom. The number of anilines is 2. The fraction of sp³-hybridized carbons (Fsp3) is 0.444. The summed E-state index contributed by atoms with van der Waals surface area (Å²) in [5.74, 6) is -0.952. The highest BCUT2D eigenvalue weighted by Gasteiger charge is 2.47. The lowest BCUT2D eigenvalue weighted by Crippen LogP contribution is -2.39. The molecule has 0 unspecified atom stereocenters. The number of hydrogen-bond acceptors (Lipinski definition) is 8. The van der Waals surface area contributed by atoms with Crippen molar-refractivity contribution in [3.8, 4) is 0 Å². The molecular formula is C27H27ClF2N8O. The molecule has 7 rings (SSSR count). The molecule has 1 N–H and O–H groups in total. The van der Waals surface area contributed by atoms with Crippen LogP contribution < -0.4 is 9.80 Å². The highest BCUT2D eigenvalue weighted by atomic mass is 35.5. The monoisotopic (exact) mass is 552 g/mol. The standard InChI is InChI=1S/C27H27ClF2N8O/c1-15-33-24(16-11-27(29,30)12-16)36-26(34-15)38-5-4-19-20-10-18(28)2-3-21(20)35-22(19)23(38)17-13-31-25(32-14-17)37-6-8-39-9-7-37/h2-3,10,13-14,16,23,35H,4-9,11-12H2,1H3/t23-/m0/s1. The smallest absolute Gasteiger partial charge is 0.249 e. The number of nitrogens with zero attached hydrogens (tertiary/aromatic N) is 7. The van der Waals surface area contributed by atoms with Gasteiger partial charge in [-0.05, 0) is 37.1 Å². The van der Waals surface area contributed by atoms with Crippen molar-refractivity contribution in [1.82, 2.24) is 29.9 Å². The van der Waals surface area contributed by atoms with E-state index in [9.17, 15) is 8.78 Å². The molecule has 0 radical (unpaired) electrons. The predicted molar refractivity (Wildman–Crippen MR) is 143 cm³/mol. The maximum atomic E-state index is 13.7. The third-order valence-electron chi connectivity index (χ3n) is 7.82. The van der Waals surface area contributed by atoms with Gasteiger partial charge in [-0.2, -0.15) is 9.97 Å². The Morgan fingerprint density at radius 3 is 2.54 bits per heavy atom. The van der Waals surface area contributed by atoms with Crippen LogP contribution in [0.2, 0.25) is 5.02 Å². The largest absolute Gasteiger partial charge is 0.378 e. The average Bonchev–Trinajstić information content (AvgIpc) is 3.29. The molecule has 4 aromatic rings. The maximum absolute atomic E-state index is 13.7. The van der Waals surface area contributed by atoms with Crippen LogP contribution in [0.1, 0.15) is 53.3 Å². The zero-order valence-electron chi connectivity index (χ0n) is 21.4. The molecule has 2 fully saturated rings. The van der Waals surface area contributed by atoms with Crippen LogP contribution in [0, 0.1) is 6.92 Å². The van der Waals surface area contributed by atoms with Crippen molar-refractivity contribution in [1.29, 1.82) is 0 Å². The van der Waals surface area contributed by atoms with E-state index in [1.165, 1.54) is 5.56 Å². The minimum Gasteiger partial charge on any atom is -0.378 e. The normalized spacial score (nSPS) is 21.2. The van der Waals surface area contributed by atoms with Crippen LogP contribution in [0.3, 0.4) is 0 Å². The van der Waals surface area contributed by atoms with Gasteiger partial charge < -0.3 is 19.5 Å². The number of alkyl halides is 2. The molecule has 1 aliphatic carbocycles. The van der Waals surface area contributed by atoms with Crippen molar-refractivity contribution in [2.75, 3.05) is 42.6 Å². The molecule has 3 aliphatic rings. The highest BCUT2D eigenvalue weighted by molar-refractivity contribution is 6.31. The number of aromatic amines is 1. The molecule has 0 spiro atoms. The lowest BCUT2D eigenvalue weighted by molar-refractivity contribution is -0.0885. The number of rotatable bonds is 4. The number of ether oxygens (including phenoxy) is 1. The highest BCUT2D eigenvalue weighted by Crippen LogP contribution is 2.48. The van der Waals surface area contributed by atoms with Crippen LogP contribution in [-0.4, -0.2) is 68.7 Å². The molecule has 0 bridgehead atoms. The Kier molecular flexibility index (Phi) is 5.89. The predicted octanol–water partition coefficient (Wildman–Crippen LogP) is 4.61. The molecule has 1 saturated heterocycles. The van der Waals surface area contributed by atoms with Gasteiger partial charge in [-0.3, -0.25) is 0 Å². The first-order chi connectivity index (χ1) is 18.8. The minimum atomic E-state index is -2.65. The van der Waals surface area contributed by atoms with E-state index in [1.807, 2.05) is 30.6 Å². The summed E-state index contributed by atoms with van der Waals surface area (Å²) in [7, 11) is 0. The molecule has 3 aromatic heterocycles. The molecule has 2 aliphatic heterocycles. The van der Waals surface area contributed by atoms with Gasteiger partial charge in [0.05, 0.1) is 13.2 Å². The first-order valence-corrected chi connectivity index (χ1v) is 13.5. The third-order valence-corrected chi connectivity index (χ3v) is 8.06. The van der Waals surface area contributed by atoms with Crippen LogP contribution >= 0.6 is 11.6 Å². The van der Waals surface area contributed by atoms with Crippen LogP contribution in [0.25, 0.3) is 10.9 Å². The first-order valence-electron chi connectivity index (χ1n) is 13.2. The molecular weight excluding hydrogens is 526 g/mol. The van der Waals surface area contributed by atoms with Crippen molar-refractivity contribution in [2.24, 2.45) is 0 Å². The third kappa shape index (κ3) is 4.47. The molecule has 12 heteroatoms. The van der Waals surface area contributed by atoms with Crippen molar-refractivity contribution in [3.05, 3.63) is 64.1 Å². The summed E-state index contributed by atoms with van der Waals surface area (Å²) in [6.45, 7) is 5.18. The van der Waals surface area contributed by atoms with Crippen LogP contribution in [0.4, 0.5) is 20.7 Å². The summed E-state index contributed by atoms with van der Waals surface area (Å²) < 4.78 is 32.8. The summed E-state index contributed by atoms with van der Waals surface area (Å²) in [6.07, 6.45) is 3.97. The van der Waals surface area contributed by atoms with E-state index in [0.29, 0.717) is 48.3 Å². The van der Waals surface area contributed by atoms with Gasteiger partial charge in [-0.1, -0.05) is 11.6 Å². The number of aromatic nitrogens is 6. The number of nitrogens with one attached hydrogen (secondary N) is 1. The summed E-state index contributed by atoms with van der Waals surface area (Å²) in [6, 6.07) is 5.53. The topological polar surface area (TPSA) is 96.0 Å². The van der Waals surface area contributed by atoms with Crippen LogP contribution in [0.15, 0.2) is 30.6 Å². The van der Waals surface area contributed by atoms with Gasteiger partial charge in [0.25, 0.3) is 0 Å². The number of aryl methyl sites for hydroxylation is 1. The first kappa shape index (κ1) is 24.6. The lowest BCUT2D eigenvalue weighted by Gasteiger charge is -2.37. The fourth-order valence-electron chi connectivity index (χ4n) is 5.86. The van der Waals surface area contributed by atoms with Gasteiger partial charge in [-0.25, -0.2) is 23.7 Å². The average molecular weight is 553 g/mol. The van der Waals surface area contributed by atoms with Crippen LogP contribution in [-0.2, 0) is 11.2 Å². The van der Waals surface area contributed by atoms with E-state index in [1.54, 1.807) is 6.92 Å². The number of H-pyrrole nitrogens is 1. The van der Waals surface area contributed by atoms with Gasteiger partial charge in [0.1, 0.15) is 17.7 Å². The molecule has 1 aromatic carbocycles. The summed E-state index contributed by atoms with van der Waals surface area (Å²) in [4.78, 5) is 31.0. The number of benzene rings is 1. The van der Waals surface area contributed by atoms with E-state index in [4.69, 9.17) is 31.3 Å². The second-order valence-electron chi connectivity index (χ2n) is 10.5. The molecule has 9 nitrogen and oxygen atoms in total. The van der Waals surface area contributed by atoms with Crippen molar-refractivity contribution in [3.63, 3.8) is 0 Å². The second-order valence-corrected chi connectivity index (χ2v) is 10.9. The second kappa shape index (κ2) is 9.34. The van der Waals surface area contributed by atoms with E-state index in [0.717, 1.165) is 41.7 Å². The van der Waals surface area contributed by atoms with Gasteiger partial charge >= 0.3 is 0 Å². The van der Waals surface area contributed by atoms with Gasteiger partial charge in [0.15, 0.2) is 0 Å². The SMILES string of the molecule is Cc1nc(C2CC(F)(F)C2)nc(N2CCc3c([nH]c4ccc(Cl)cc34)[C@@H]2c2cnc(N3CCOCC3)nc2)n1. The number of morpholine rings is 1. The Morgan fingerprint density at radius 1 is 1.03 bits per heavy atom. The molecule has 1 saturated carbocycles. The van der Waals surface area contributed by atoms with Gasteiger partial charge in [0, 0.05) is 78.0 Å². The van der Waals surface area contributed by atoms with E-state index >= 15 is 0 Å². The van der Waals surface area contributed by atoms with Crippen LogP contribution in [0.5, 0.6) is 0 Å². The number of hydrogen-bond donors (Lipinski definition) is 1. The van der Waals surface area contributed by atoms with Gasteiger partial charge in [-0.15, -0.1) is 0 Å². The Labute approximate surface area is 228 Å². The van der Waals surface area contributed by atoms with Crippen molar-refractivity contribution in [2.45, 2.75) is 44.1 Å². The Bertz CT molecular complexity index is 1530.